The zero-order valence-corrected chi connectivity index (χ0v) is 18.0. The summed E-state index contributed by atoms with van der Waals surface area (Å²) in [5.74, 6) is -0.405. The first-order valence-electron chi connectivity index (χ1n) is 11.1. The molecule has 1 spiro atoms. The summed E-state index contributed by atoms with van der Waals surface area (Å²) in [6, 6.07) is 8.35. The van der Waals surface area contributed by atoms with Crippen LogP contribution >= 0.6 is 0 Å². The summed E-state index contributed by atoms with van der Waals surface area (Å²) in [7, 11) is 0. The highest BCUT2D eigenvalue weighted by atomic mass is 19.4. The zero-order chi connectivity index (χ0) is 23.2. The summed E-state index contributed by atoms with van der Waals surface area (Å²) in [6.07, 6.45) is -1.28. The number of likely N-dealkylation sites (tertiary alicyclic amines) is 1. The van der Waals surface area contributed by atoms with E-state index in [0.29, 0.717) is 32.0 Å². The zero-order valence-electron chi connectivity index (χ0n) is 18.0. The Hall–Kier alpha value is -2.94. The molecule has 1 aromatic heterocycles. The van der Waals surface area contributed by atoms with Crippen molar-refractivity contribution in [3.8, 4) is 11.3 Å². The average molecular weight is 459 g/mol. The van der Waals surface area contributed by atoms with E-state index >= 15 is 0 Å². The number of ether oxygens (including phenoxy) is 1. The Morgan fingerprint density at radius 3 is 2.42 bits per heavy atom. The van der Waals surface area contributed by atoms with Gasteiger partial charge in [0.2, 0.25) is 5.91 Å². The molecule has 9 heteroatoms. The first kappa shape index (κ1) is 21.9. The van der Waals surface area contributed by atoms with Gasteiger partial charge in [-0.15, -0.1) is 0 Å². The van der Waals surface area contributed by atoms with E-state index in [1.165, 1.54) is 12.1 Å². The number of halogens is 3. The number of nitrogens with zero attached hydrogens (tertiary/aromatic N) is 2. The molecule has 2 amide bonds. The third kappa shape index (κ3) is 4.46. The predicted octanol–water partition coefficient (Wildman–Crippen LogP) is 4.37. The summed E-state index contributed by atoms with van der Waals surface area (Å²) < 4.78 is 45.2. The van der Waals surface area contributed by atoms with Gasteiger partial charge < -0.3 is 15.0 Å². The number of carbonyl (C=O) groups excluding carboxylic acids is 2. The molecule has 0 bridgehead atoms. The number of aromatic nitrogens is 1. The molecule has 1 aliphatic carbocycles. The Morgan fingerprint density at radius 1 is 1.09 bits per heavy atom. The second kappa shape index (κ2) is 8.13. The lowest BCUT2D eigenvalue weighted by molar-refractivity contribution is -0.141. The number of alkyl halides is 3. The molecule has 5 rings (SSSR count). The average Bonchev–Trinajstić information content (AvgIpc) is 3.63. The number of rotatable bonds is 4. The van der Waals surface area contributed by atoms with Gasteiger partial charge in [0, 0.05) is 41.2 Å². The topological polar surface area (TPSA) is 71.5 Å². The SMILES string of the molecule is O=C(Nc1ccc(C(=O)N2CCC3(CC2)COC3)c(-c2cccc(C(F)(F)F)n2)c1)C1CC1. The summed E-state index contributed by atoms with van der Waals surface area (Å²) >= 11 is 0. The molecule has 3 fully saturated rings. The fraction of sp³-hybridized carbons (Fsp3) is 0.458. The fourth-order valence-electron chi connectivity index (χ4n) is 4.39. The van der Waals surface area contributed by atoms with E-state index in [1.807, 2.05) is 0 Å². The highest BCUT2D eigenvalue weighted by Gasteiger charge is 2.42. The number of piperidine rings is 1. The Labute approximate surface area is 189 Å². The van der Waals surface area contributed by atoms with Crippen LogP contribution in [0.3, 0.4) is 0 Å². The second-order valence-corrected chi connectivity index (χ2v) is 9.21. The summed E-state index contributed by atoms with van der Waals surface area (Å²) in [5.41, 5.74) is 0.132. The van der Waals surface area contributed by atoms with Crippen LogP contribution in [0.15, 0.2) is 36.4 Å². The minimum Gasteiger partial charge on any atom is -0.380 e. The summed E-state index contributed by atoms with van der Waals surface area (Å²) in [4.78, 5) is 31.1. The Balaban J connectivity index is 1.47. The summed E-state index contributed by atoms with van der Waals surface area (Å²) in [5, 5.41) is 2.80. The fourth-order valence-corrected chi connectivity index (χ4v) is 4.39. The minimum atomic E-state index is -4.61. The van der Waals surface area contributed by atoms with Crippen molar-refractivity contribution >= 4 is 17.5 Å². The molecule has 2 aliphatic heterocycles. The normalized spacial score (nSPS) is 19.8. The first-order chi connectivity index (χ1) is 15.7. The molecule has 0 radical (unpaired) electrons. The van der Waals surface area contributed by atoms with Crippen molar-refractivity contribution in [3.63, 3.8) is 0 Å². The van der Waals surface area contributed by atoms with Crippen LogP contribution in [-0.2, 0) is 15.7 Å². The largest absolute Gasteiger partial charge is 0.433 e. The highest BCUT2D eigenvalue weighted by Crippen LogP contribution is 2.39. The van der Waals surface area contributed by atoms with Crippen LogP contribution < -0.4 is 5.32 Å². The number of carbonyl (C=O) groups is 2. The number of pyridine rings is 1. The number of anilines is 1. The maximum absolute atomic E-state index is 13.4. The molecule has 33 heavy (non-hydrogen) atoms. The molecular weight excluding hydrogens is 435 g/mol. The van der Waals surface area contributed by atoms with Crippen molar-refractivity contribution in [1.29, 1.82) is 0 Å². The molecule has 0 atom stereocenters. The maximum atomic E-state index is 13.4. The van der Waals surface area contributed by atoms with Gasteiger partial charge in [0.1, 0.15) is 5.69 Å². The van der Waals surface area contributed by atoms with E-state index in [-0.39, 0.29) is 40.0 Å². The van der Waals surface area contributed by atoms with Crippen LogP contribution in [0, 0.1) is 11.3 Å². The predicted molar refractivity (Wildman–Crippen MR) is 114 cm³/mol. The highest BCUT2D eigenvalue weighted by molar-refractivity contribution is 6.02. The molecule has 1 N–H and O–H groups in total. The van der Waals surface area contributed by atoms with E-state index in [9.17, 15) is 22.8 Å². The van der Waals surface area contributed by atoms with E-state index in [0.717, 1.165) is 31.7 Å². The number of hydrogen-bond acceptors (Lipinski definition) is 4. The van der Waals surface area contributed by atoms with Crippen molar-refractivity contribution in [1.82, 2.24) is 9.88 Å². The van der Waals surface area contributed by atoms with Crippen LogP contribution in [0.2, 0.25) is 0 Å². The molecule has 174 valence electrons. The van der Waals surface area contributed by atoms with Crippen molar-refractivity contribution in [3.05, 3.63) is 47.7 Å². The van der Waals surface area contributed by atoms with Gasteiger partial charge in [-0.2, -0.15) is 13.2 Å². The lowest BCUT2D eigenvalue weighted by Gasteiger charge is -2.47. The van der Waals surface area contributed by atoms with Crippen molar-refractivity contribution in [2.45, 2.75) is 31.9 Å². The Morgan fingerprint density at radius 2 is 1.82 bits per heavy atom. The molecule has 2 saturated heterocycles. The molecule has 6 nitrogen and oxygen atoms in total. The molecule has 2 aromatic rings. The molecule has 0 unspecified atom stereocenters. The first-order valence-corrected chi connectivity index (χ1v) is 11.1. The molecule has 1 saturated carbocycles. The molecule has 3 aliphatic rings. The minimum absolute atomic E-state index is 0.0300. The maximum Gasteiger partial charge on any atom is 0.433 e. The van der Waals surface area contributed by atoms with Gasteiger partial charge in [0.25, 0.3) is 5.91 Å². The van der Waals surface area contributed by atoms with E-state index < -0.39 is 11.9 Å². The van der Waals surface area contributed by atoms with Gasteiger partial charge in [-0.05, 0) is 56.0 Å². The van der Waals surface area contributed by atoms with Crippen molar-refractivity contribution < 1.29 is 27.5 Å². The third-order valence-electron chi connectivity index (χ3n) is 6.71. The van der Waals surface area contributed by atoms with Crippen LogP contribution in [0.5, 0.6) is 0 Å². The van der Waals surface area contributed by atoms with Crippen LogP contribution in [0.1, 0.15) is 41.7 Å². The number of benzene rings is 1. The Kier molecular flexibility index (Phi) is 5.39. The van der Waals surface area contributed by atoms with E-state index in [4.69, 9.17) is 4.74 Å². The van der Waals surface area contributed by atoms with E-state index in [1.54, 1.807) is 23.1 Å². The van der Waals surface area contributed by atoms with Crippen LogP contribution in [0.25, 0.3) is 11.3 Å². The lowest BCUT2D eigenvalue weighted by Crippen LogP contribution is -2.52. The van der Waals surface area contributed by atoms with Gasteiger partial charge in [0.15, 0.2) is 0 Å². The quantitative estimate of drug-likeness (QED) is 0.737. The smallest absolute Gasteiger partial charge is 0.380 e. The van der Waals surface area contributed by atoms with Crippen molar-refractivity contribution in [2.75, 3.05) is 31.6 Å². The molecular formula is C24H24F3N3O3. The summed E-state index contributed by atoms with van der Waals surface area (Å²) in [6.45, 7) is 2.56. The molecule has 3 heterocycles. The second-order valence-electron chi connectivity index (χ2n) is 9.21. The van der Waals surface area contributed by atoms with E-state index in [2.05, 4.69) is 10.3 Å². The van der Waals surface area contributed by atoms with Crippen LogP contribution in [-0.4, -0.2) is 48.0 Å². The number of hydrogen-bond donors (Lipinski definition) is 1. The monoisotopic (exact) mass is 459 g/mol. The van der Waals surface area contributed by atoms with Gasteiger partial charge in [0.05, 0.1) is 18.9 Å². The third-order valence-corrected chi connectivity index (χ3v) is 6.71. The van der Waals surface area contributed by atoms with Gasteiger partial charge in [-0.25, -0.2) is 4.98 Å². The number of nitrogens with one attached hydrogen (secondary N) is 1. The standard InChI is InChI=1S/C24H24F3N3O3/c25-24(26,27)20-3-1-2-19(29-20)18-12-16(28-21(31)15-4-5-15)6-7-17(18)22(32)30-10-8-23(9-11-30)13-33-14-23/h1-3,6-7,12,15H,4-5,8-11,13-14H2,(H,28,31). The molecule has 1 aromatic carbocycles. The van der Waals surface area contributed by atoms with Crippen LogP contribution in [0.4, 0.5) is 18.9 Å². The van der Waals surface area contributed by atoms with Crippen molar-refractivity contribution in [2.24, 2.45) is 11.3 Å². The van der Waals surface area contributed by atoms with Gasteiger partial charge in [-0.1, -0.05) is 6.07 Å². The Bertz CT molecular complexity index is 1080. The van der Waals surface area contributed by atoms with Gasteiger partial charge in [-0.3, -0.25) is 9.59 Å². The van der Waals surface area contributed by atoms with Gasteiger partial charge >= 0.3 is 6.18 Å². The lowest BCUT2D eigenvalue weighted by atomic mass is 9.76. The number of amides is 2.